The van der Waals surface area contributed by atoms with Crippen LogP contribution in [0.5, 0.6) is 0 Å². The smallest absolute Gasteiger partial charge is 0.320 e. The van der Waals surface area contributed by atoms with Crippen LogP contribution in [0.15, 0.2) is 24.3 Å². The van der Waals surface area contributed by atoms with Crippen LogP contribution in [0.3, 0.4) is 0 Å². The maximum absolute atomic E-state index is 12.3. The van der Waals surface area contributed by atoms with E-state index in [1.807, 2.05) is 13.8 Å². The number of hydrogen-bond donors (Lipinski definition) is 0. The lowest BCUT2D eigenvalue weighted by Gasteiger charge is -2.23. The van der Waals surface area contributed by atoms with E-state index < -0.39 is 9.05 Å². The highest BCUT2D eigenvalue weighted by molar-refractivity contribution is 8.13. The first-order valence-corrected chi connectivity index (χ1v) is 8.86. The average molecular weight is 317 g/mol. The lowest BCUT2D eigenvalue weighted by molar-refractivity contribution is 0.209. The maximum atomic E-state index is 12.3. The fourth-order valence-corrected chi connectivity index (χ4v) is 3.31. The molecule has 0 N–H and O–H groups in total. The van der Waals surface area contributed by atoms with E-state index in [-0.39, 0.29) is 17.8 Å². The molecular weight excluding hydrogens is 300 g/mol. The molecule has 7 heteroatoms. The molecule has 2 rings (SSSR count). The molecule has 1 aliphatic rings. The van der Waals surface area contributed by atoms with Gasteiger partial charge in [-0.05, 0) is 25.5 Å². The summed E-state index contributed by atoms with van der Waals surface area (Å²) >= 11 is 0. The Morgan fingerprint density at radius 3 is 2.45 bits per heavy atom. The van der Waals surface area contributed by atoms with Crippen molar-refractivity contribution < 1.29 is 13.2 Å². The number of rotatable bonds is 4. The molecule has 0 unspecified atom stereocenters. The zero-order chi connectivity index (χ0) is 14.9. The van der Waals surface area contributed by atoms with Crippen molar-refractivity contribution in [3.05, 3.63) is 29.8 Å². The number of halogens is 1. The van der Waals surface area contributed by atoms with Crippen LogP contribution in [-0.2, 0) is 14.8 Å². The molecule has 0 aromatic heterocycles. The average Bonchev–Trinajstić information content (AvgIpc) is 2.70. The van der Waals surface area contributed by atoms with Crippen molar-refractivity contribution in [2.24, 2.45) is 0 Å². The first-order chi connectivity index (χ1) is 9.29. The highest BCUT2D eigenvalue weighted by atomic mass is 35.7. The van der Waals surface area contributed by atoms with Crippen molar-refractivity contribution in [2.45, 2.75) is 25.6 Å². The minimum absolute atomic E-state index is 0.0978. The summed E-state index contributed by atoms with van der Waals surface area (Å²) in [5, 5.41) is 0. The molecule has 110 valence electrons. The Balaban J connectivity index is 2.32. The van der Waals surface area contributed by atoms with Gasteiger partial charge in [-0.3, -0.25) is 4.90 Å². The van der Waals surface area contributed by atoms with E-state index in [0.717, 1.165) is 0 Å². The molecule has 0 radical (unpaired) electrons. The van der Waals surface area contributed by atoms with Crippen LogP contribution in [0.2, 0.25) is 0 Å². The second-order valence-corrected chi connectivity index (χ2v) is 7.81. The molecule has 1 aliphatic heterocycles. The number of urea groups is 1. The van der Waals surface area contributed by atoms with Gasteiger partial charge in [-0.1, -0.05) is 18.2 Å². The third-order valence-electron chi connectivity index (χ3n) is 3.27. The van der Waals surface area contributed by atoms with Crippen molar-refractivity contribution in [1.82, 2.24) is 4.90 Å². The Hall–Kier alpha value is -1.27. The van der Waals surface area contributed by atoms with Gasteiger partial charge in [0, 0.05) is 35.5 Å². The van der Waals surface area contributed by atoms with Crippen molar-refractivity contribution in [3.8, 4) is 0 Å². The molecule has 1 heterocycles. The first-order valence-electron chi connectivity index (χ1n) is 6.38. The lowest BCUT2D eigenvalue weighted by atomic mass is 10.2. The van der Waals surface area contributed by atoms with Crippen molar-refractivity contribution >= 4 is 31.5 Å². The van der Waals surface area contributed by atoms with Crippen LogP contribution in [0.4, 0.5) is 10.5 Å². The topological polar surface area (TPSA) is 57.7 Å². The summed E-state index contributed by atoms with van der Waals surface area (Å²) in [6, 6.07) is 6.97. The van der Waals surface area contributed by atoms with Crippen LogP contribution in [0.1, 0.15) is 19.4 Å². The van der Waals surface area contributed by atoms with E-state index in [2.05, 4.69) is 0 Å². The third kappa shape index (κ3) is 3.24. The zero-order valence-electron chi connectivity index (χ0n) is 11.4. The highest BCUT2D eigenvalue weighted by Crippen LogP contribution is 2.27. The standard InChI is InChI=1S/C13H17ClN2O3S/c1-10(2)15-7-8-16(13(15)17)12-6-4-3-5-11(12)9-20(14,18)19/h3-6,10H,7-9H2,1-2H3. The molecule has 0 aliphatic carbocycles. The number of amides is 2. The predicted molar refractivity (Wildman–Crippen MR) is 79.5 cm³/mol. The Morgan fingerprint density at radius 1 is 1.25 bits per heavy atom. The molecule has 0 bridgehead atoms. The van der Waals surface area contributed by atoms with Gasteiger partial charge in [0.05, 0.1) is 5.75 Å². The number of benzene rings is 1. The minimum atomic E-state index is -3.66. The van der Waals surface area contributed by atoms with E-state index in [9.17, 15) is 13.2 Å². The van der Waals surface area contributed by atoms with Crippen LogP contribution in [-0.4, -0.2) is 38.5 Å². The number of anilines is 1. The SMILES string of the molecule is CC(C)N1CCN(c2ccccc2CS(=O)(=O)Cl)C1=O. The third-order valence-corrected chi connectivity index (χ3v) is 4.26. The Labute approximate surface area is 123 Å². The van der Waals surface area contributed by atoms with E-state index in [4.69, 9.17) is 10.7 Å². The molecule has 1 aromatic rings. The lowest BCUT2D eigenvalue weighted by Crippen LogP contribution is -2.36. The maximum Gasteiger partial charge on any atom is 0.324 e. The van der Waals surface area contributed by atoms with Crippen LogP contribution in [0, 0.1) is 0 Å². The van der Waals surface area contributed by atoms with Crippen molar-refractivity contribution in [1.29, 1.82) is 0 Å². The summed E-state index contributed by atoms with van der Waals surface area (Å²) in [5.41, 5.74) is 1.16. The molecule has 2 amide bonds. The second-order valence-electron chi connectivity index (χ2n) is 5.03. The van der Waals surface area contributed by atoms with Crippen molar-refractivity contribution in [2.75, 3.05) is 18.0 Å². The number of carbonyl (C=O) groups is 1. The van der Waals surface area contributed by atoms with Gasteiger partial charge in [0.1, 0.15) is 0 Å². The van der Waals surface area contributed by atoms with Gasteiger partial charge in [-0.15, -0.1) is 0 Å². The summed E-state index contributed by atoms with van der Waals surface area (Å²) in [5.74, 6) is -0.282. The normalized spacial score (nSPS) is 16.3. The summed E-state index contributed by atoms with van der Waals surface area (Å²) < 4.78 is 22.5. The zero-order valence-corrected chi connectivity index (χ0v) is 13.0. The Morgan fingerprint density at radius 2 is 1.90 bits per heavy atom. The molecule has 0 saturated carbocycles. The molecule has 5 nitrogen and oxygen atoms in total. The van der Waals surface area contributed by atoms with E-state index in [1.165, 1.54) is 0 Å². The van der Waals surface area contributed by atoms with Gasteiger partial charge < -0.3 is 4.90 Å². The van der Waals surface area contributed by atoms with E-state index in [1.54, 1.807) is 34.1 Å². The van der Waals surface area contributed by atoms with Gasteiger partial charge in [0.2, 0.25) is 9.05 Å². The Kier molecular flexibility index (Phi) is 4.25. The van der Waals surface area contributed by atoms with Gasteiger partial charge in [-0.25, -0.2) is 13.2 Å². The second kappa shape index (κ2) is 5.61. The fourth-order valence-electron chi connectivity index (χ4n) is 2.34. The number of hydrogen-bond acceptors (Lipinski definition) is 3. The van der Waals surface area contributed by atoms with Crippen LogP contribution >= 0.6 is 10.7 Å². The molecule has 1 aromatic carbocycles. The van der Waals surface area contributed by atoms with Crippen LogP contribution < -0.4 is 4.90 Å². The van der Waals surface area contributed by atoms with Crippen LogP contribution in [0.25, 0.3) is 0 Å². The van der Waals surface area contributed by atoms with Gasteiger partial charge in [-0.2, -0.15) is 0 Å². The van der Waals surface area contributed by atoms with Gasteiger partial charge in [0.25, 0.3) is 0 Å². The molecular formula is C13H17ClN2O3S. The molecule has 0 atom stereocenters. The summed E-state index contributed by atoms with van der Waals surface area (Å²) in [7, 11) is 1.66. The summed E-state index contributed by atoms with van der Waals surface area (Å²) in [4.78, 5) is 15.7. The Bertz CT molecular complexity index is 616. The number of para-hydroxylation sites is 1. The number of nitrogens with zero attached hydrogens (tertiary/aromatic N) is 2. The van der Waals surface area contributed by atoms with E-state index in [0.29, 0.717) is 24.3 Å². The molecule has 1 saturated heterocycles. The molecule has 0 spiro atoms. The number of carbonyl (C=O) groups excluding carboxylic acids is 1. The predicted octanol–water partition coefficient (Wildman–Crippen LogP) is 2.41. The largest absolute Gasteiger partial charge is 0.324 e. The van der Waals surface area contributed by atoms with Gasteiger partial charge >= 0.3 is 6.03 Å². The van der Waals surface area contributed by atoms with Crippen molar-refractivity contribution in [3.63, 3.8) is 0 Å². The first kappa shape index (κ1) is 15.1. The summed E-state index contributed by atoms with van der Waals surface area (Å²) in [6.07, 6.45) is 0. The van der Waals surface area contributed by atoms with Gasteiger partial charge in [0.15, 0.2) is 0 Å². The fraction of sp³-hybridized carbons (Fsp3) is 0.462. The minimum Gasteiger partial charge on any atom is -0.320 e. The molecule has 20 heavy (non-hydrogen) atoms. The highest BCUT2D eigenvalue weighted by Gasteiger charge is 2.32. The summed E-state index contributed by atoms with van der Waals surface area (Å²) in [6.45, 7) is 5.10. The van der Waals surface area contributed by atoms with E-state index >= 15 is 0 Å². The quantitative estimate of drug-likeness (QED) is 0.801. The molecule has 1 fully saturated rings. The monoisotopic (exact) mass is 316 g/mol.